The third kappa shape index (κ3) is 3.12. The van der Waals surface area contributed by atoms with Crippen LogP contribution in [-0.2, 0) is 6.54 Å². The smallest absolute Gasteiger partial charge is 0.194 e. The molecule has 1 N–H and O–H groups in total. The number of hydrogen-bond donors (Lipinski definition) is 1. The maximum Gasteiger partial charge on any atom is 0.194 e. The topological polar surface area (TPSA) is 29.3 Å². The molecule has 0 saturated carbocycles. The van der Waals surface area contributed by atoms with Crippen molar-refractivity contribution < 1.29 is 0 Å². The minimum Gasteiger partial charge on any atom is -0.311 e. The van der Waals surface area contributed by atoms with Crippen LogP contribution in [0.25, 0.3) is 4.96 Å². The molecule has 0 unspecified atom stereocenters. The maximum atomic E-state index is 4.60. The third-order valence-corrected chi connectivity index (χ3v) is 4.07. The number of hydrogen-bond acceptors (Lipinski definition) is 3. The minimum absolute atomic E-state index is 0.801. The van der Waals surface area contributed by atoms with Crippen molar-refractivity contribution >= 4 is 16.3 Å². The molecule has 0 spiro atoms. The number of nitrogens with one attached hydrogen (secondary N) is 1. The number of thiazole rings is 1. The standard InChI is InChI=1S/C14H23N3S/c1-10(2)6-5-7-15-8-13-12(4)16-14-17(13)9-11(3)18-14/h9-10,15H,5-8H2,1-4H3. The van der Waals surface area contributed by atoms with Gasteiger partial charge in [-0.1, -0.05) is 13.8 Å². The van der Waals surface area contributed by atoms with E-state index >= 15 is 0 Å². The molecule has 0 amide bonds. The van der Waals surface area contributed by atoms with E-state index < -0.39 is 0 Å². The number of rotatable bonds is 6. The highest BCUT2D eigenvalue weighted by molar-refractivity contribution is 7.17. The molecule has 0 radical (unpaired) electrons. The van der Waals surface area contributed by atoms with Gasteiger partial charge in [0.2, 0.25) is 0 Å². The van der Waals surface area contributed by atoms with Crippen LogP contribution in [0.5, 0.6) is 0 Å². The monoisotopic (exact) mass is 265 g/mol. The van der Waals surface area contributed by atoms with Crippen LogP contribution in [-0.4, -0.2) is 15.9 Å². The largest absolute Gasteiger partial charge is 0.311 e. The molecule has 2 aromatic rings. The van der Waals surface area contributed by atoms with E-state index in [0.717, 1.165) is 29.7 Å². The fraction of sp³-hybridized carbons (Fsp3) is 0.643. The van der Waals surface area contributed by atoms with E-state index in [4.69, 9.17) is 0 Å². The van der Waals surface area contributed by atoms with Crippen LogP contribution in [0.4, 0.5) is 0 Å². The van der Waals surface area contributed by atoms with Gasteiger partial charge < -0.3 is 5.32 Å². The van der Waals surface area contributed by atoms with E-state index in [2.05, 4.69) is 48.6 Å². The molecule has 0 aliphatic rings. The summed E-state index contributed by atoms with van der Waals surface area (Å²) in [5.74, 6) is 0.801. The van der Waals surface area contributed by atoms with E-state index in [1.54, 1.807) is 11.3 Å². The third-order valence-electron chi connectivity index (χ3n) is 3.17. The first-order valence-corrected chi connectivity index (χ1v) is 7.54. The Bertz CT molecular complexity index is 510. The zero-order chi connectivity index (χ0) is 13.1. The van der Waals surface area contributed by atoms with Gasteiger partial charge in [0.15, 0.2) is 4.96 Å². The normalized spacial score (nSPS) is 11.8. The van der Waals surface area contributed by atoms with Crippen LogP contribution in [0.15, 0.2) is 6.20 Å². The van der Waals surface area contributed by atoms with E-state index in [9.17, 15) is 0 Å². The van der Waals surface area contributed by atoms with Gasteiger partial charge >= 0.3 is 0 Å². The number of nitrogens with zero attached hydrogens (tertiary/aromatic N) is 2. The van der Waals surface area contributed by atoms with Crippen molar-refractivity contribution in [2.24, 2.45) is 5.92 Å². The molecule has 2 rings (SSSR count). The lowest BCUT2D eigenvalue weighted by Crippen LogP contribution is -2.17. The molecule has 0 aliphatic carbocycles. The SMILES string of the molecule is Cc1cn2c(CNCCCC(C)C)c(C)nc2s1. The van der Waals surface area contributed by atoms with Gasteiger partial charge in [-0.15, -0.1) is 11.3 Å². The molecule has 0 aliphatic heterocycles. The molecule has 3 nitrogen and oxygen atoms in total. The van der Waals surface area contributed by atoms with Crippen LogP contribution in [0.3, 0.4) is 0 Å². The van der Waals surface area contributed by atoms with Gasteiger partial charge in [-0.25, -0.2) is 4.98 Å². The molecule has 0 bridgehead atoms. The fourth-order valence-corrected chi connectivity index (χ4v) is 3.05. The average molecular weight is 265 g/mol. The number of aryl methyl sites for hydroxylation is 2. The molecule has 4 heteroatoms. The summed E-state index contributed by atoms with van der Waals surface area (Å²) in [6, 6.07) is 0. The number of fused-ring (bicyclic) bond motifs is 1. The Morgan fingerprint density at radius 2 is 2.17 bits per heavy atom. The Hall–Kier alpha value is -0.870. The predicted molar refractivity (Wildman–Crippen MR) is 78.3 cm³/mol. The summed E-state index contributed by atoms with van der Waals surface area (Å²) < 4.78 is 2.23. The molecule has 0 fully saturated rings. The zero-order valence-electron chi connectivity index (χ0n) is 11.8. The molecule has 100 valence electrons. The van der Waals surface area contributed by atoms with Crippen LogP contribution in [0, 0.1) is 19.8 Å². The lowest BCUT2D eigenvalue weighted by molar-refractivity contribution is 0.525. The molecule has 0 aromatic carbocycles. The lowest BCUT2D eigenvalue weighted by Gasteiger charge is -2.06. The van der Waals surface area contributed by atoms with Gasteiger partial charge in [0.1, 0.15) is 0 Å². The molecule has 2 heterocycles. The van der Waals surface area contributed by atoms with E-state index in [-0.39, 0.29) is 0 Å². The Morgan fingerprint density at radius 1 is 1.39 bits per heavy atom. The summed E-state index contributed by atoms with van der Waals surface area (Å²) in [5.41, 5.74) is 2.46. The highest BCUT2D eigenvalue weighted by atomic mass is 32.1. The van der Waals surface area contributed by atoms with Gasteiger partial charge in [-0.3, -0.25) is 4.40 Å². The second-order valence-electron chi connectivity index (χ2n) is 5.35. The van der Waals surface area contributed by atoms with E-state index in [1.165, 1.54) is 23.4 Å². The van der Waals surface area contributed by atoms with Crippen molar-refractivity contribution in [1.29, 1.82) is 0 Å². The van der Waals surface area contributed by atoms with Gasteiger partial charge in [0.25, 0.3) is 0 Å². The second kappa shape index (κ2) is 5.85. The molecule has 0 saturated heterocycles. The van der Waals surface area contributed by atoms with Gasteiger partial charge in [0, 0.05) is 17.6 Å². The molecule has 2 aromatic heterocycles. The Morgan fingerprint density at radius 3 is 2.89 bits per heavy atom. The summed E-state index contributed by atoms with van der Waals surface area (Å²) in [7, 11) is 0. The van der Waals surface area contributed by atoms with Gasteiger partial charge in [0.05, 0.1) is 11.4 Å². The lowest BCUT2D eigenvalue weighted by atomic mass is 10.1. The van der Waals surface area contributed by atoms with Crippen LogP contribution in [0.1, 0.15) is 43.0 Å². The number of aromatic nitrogens is 2. The summed E-state index contributed by atoms with van der Waals surface area (Å²) in [6.07, 6.45) is 4.73. The predicted octanol–water partition coefficient (Wildman–Crippen LogP) is 3.54. The number of imidazole rings is 1. The zero-order valence-corrected chi connectivity index (χ0v) is 12.6. The van der Waals surface area contributed by atoms with Gasteiger partial charge in [-0.05, 0) is 39.2 Å². The summed E-state index contributed by atoms with van der Waals surface area (Å²) in [5, 5.41) is 3.53. The van der Waals surface area contributed by atoms with Crippen molar-refractivity contribution in [3.63, 3.8) is 0 Å². The minimum atomic E-state index is 0.801. The summed E-state index contributed by atoms with van der Waals surface area (Å²) in [6.45, 7) is 10.8. The highest BCUT2D eigenvalue weighted by Gasteiger charge is 2.10. The Kier molecular flexibility index (Phi) is 4.40. The van der Waals surface area contributed by atoms with Crippen LogP contribution >= 0.6 is 11.3 Å². The van der Waals surface area contributed by atoms with Crippen molar-refractivity contribution in [2.45, 2.75) is 47.1 Å². The highest BCUT2D eigenvalue weighted by Crippen LogP contribution is 2.20. The van der Waals surface area contributed by atoms with Crippen LogP contribution in [0.2, 0.25) is 0 Å². The first-order chi connectivity index (χ1) is 8.58. The first kappa shape index (κ1) is 13.6. The van der Waals surface area contributed by atoms with Crippen molar-refractivity contribution in [3.8, 4) is 0 Å². The fourth-order valence-electron chi connectivity index (χ4n) is 2.16. The molecule has 0 atom stereocenters. The summed E-state index contributed by atoms with van der Waals surface area (Å²) >= 11 is 1.76. The molecular weight excluding hydrogens is 242 g/mol. The maximum absolute atomic E-state index is 4.60. The quantitative estimate of drug-likeness (QED) is 0.810. The van der Waals surface area contributed by atoms with Crippen molar-refractivity contribution in [1.82, 2.24) is 14.7 Å². The van der Waals surface area contributed by atoms with Crippen LogP contribution < -0.4 is 5.32 Å². The van der Waals surface area contributed by atoms with E-state index in [1.807, 2.05) is 0 Å². The summed E-state index contributed by atoms with van der Waals surface area (Å²) in [4.78, 5) is 7.04. The second-order valence-corrected chi connectivity index (χ2v) is 6.56. The first-order valence-electron chi connectivity index (χ1n) is 6.72. The molecule has 18 heavy (non-hydrogen) atoms. The van der Waals surface area contributed by atoms with Gasteiger partial charge in [-0.2, -0.15) is 0 Å². The Balaban J connectivity index is 1.92. The molecular formula is C14H23N3S. The Labute approximate surface area is 113 Å². The van der Waals surface area contributed by atoms with E-state index in [0.29, 0.717) is 0 Å². The van der Waals surface area contributed by atoms with Crippen molar-refractivity contribution in [3.05, 3.63) is 22.5 Å². The average Bonchev–Trinajstić information content (AvgIpc) is 2.75. The van der Waals surface area contributed by atoms with Crippen molar-refractivity contribution in [2.75, 3.05) is 6.54 Å².